The van der Waals surface area contributed by atoms with Gasteiger partial charge in [-0.2, -0.15) is 0 Å². The van der Waals surface area contributed by atoms with Gasteiger partial charge >= 0.3 is 0 Å². The van der Waals surface area contributed by atoms with E-state index in [0.29, 0.717) is 16.3 Å². The van der Waals surface area contributed by atoms with E-state index in [2.05, 4.69) is 0 Å². The highest BCUT2D eigenvalue weighted by atomic mass is 35.5. The van der Waals surface area contributed by atoms with Crippen LogP contribution in [0.15, 0.2) is 30.4 Å². The first-order valence-electron chi connectivity index (χ1n) is 5.56. The molecule has 2 atom stereocenters. The predicted octanol–water partition coefficient (Wildman–Crippen LogP) is 2.71. The lowest BCUT2D eigenvalue weighted by Gasteiger charge is -2.27. The van der Waals surface area contributed by atoms with Crippen LogP contribution in [0.1, 0.15) is 24.2 Å². The van der Waals surface area contributed by atoms with Gasteiger partial charge < -0.3 is 10.6 Å². The second-order valence-corrected chi connectivity index (χ2v) is 4.75. The van der Waals surface area contributed by atoms with Crippen LogP contribution < -0.4 is 5.73 Å². The average Bonchev–Trinajstić information content (AvgIpc) is 2.58. The summed E-state index contributed by atoms with van der Waals surface area (Å²) in [6.07, 6.45) is 4.04. The van der Waals surface area contributed by atoms with Crippen molar-refractivity contribution in [1.82, 2.24) is 4.90 Å². The fourth-order valence-electron chi connectivity index (χ4n) is 2.12. The van der Waals surface area contributed by atoms with Crippen molar-refractivity contribution in [3.8, 4) is 0 Å². The molecule has 90 valence electrons. The first-order valence-corrected chi connectivity index (χ1v) is 5.94. The maximum absolute atomic E-state index is 12.4. The third kappa shape index (κ3) is 2.15. The Morgan fingerprint density at radius 2 is 1.88 bits per heavy atom. The van der Waals surface area contributed by atoms with Gasteiger partial charge in [0.05, 0.1) is 5.56 Å². The molecule has 1 aliphatic rings. The average molecular weight is 251 g/mol. The number of benzene rings is 1. The Kier molecular flexibility index (Phi) is 3.11. The summed E-state index contributed by atoms with van der Waals surface area (Å²) in [6, 6.07) is 5.18. The second kappa shape index (κ2) is 4.41. The van der Waals surface area contributed by atoms with Crippen molar-refractivity contribution in [2.75, 3.05) is 5.73 Å². The van der Waals surface area contributed by atoms with E-state index in [4.69, 9.17) is 17.3 Å². The van der Waals surface area contributed by atoms with E-state index in [1.54, 1.807) is 23.1 Å². The van der Waals surface area contributed by atoms with Crippen LogP contribution in [0, 0.1) is 0 Å². The van der Waals surface area contributed by atoms with Gasteiger partial charge in [-0.05, 0) is 32.0 Å². The van der Waals surface area contributed by atoms with Gasteiger partial charge in [0.2, 0.25) is 0 Å². The minimum Gasteiger partial charge on any atom is -0.398 e. The van der Waals surface area contributed by atoms with Crippen LogP contribution in [0.2, 0.25) is 5.02 Å². The molecule has 3 nitrogen and oxygen atoms in total. The summed E-state index contributed by atoms with van der Waals surface area (Å²) in [5, 5.41) is 0.541. The van der Waals surface area contributed by atoms with Crippen molar-refractivity contribution in [1.29, 1.82) is 0 Å². The normalized spacial score (nSPS) is 23.1. The van der Waals surface area contributed by atoms with Crippen molar-refractivity contribution in [3.05, 3.63) is 40.9 Å². The molecule has 1 amide bonds. The van der Waals surface area contributed by atoms with Crippen LogP contribution in [0.5, 0.6) is 0 Å². The van der Waals surface area contributed by atoms with Gasteiger partial charge in [-0.15, -0.1) is 0 Å². The van der Waals surface area contributed by atoms with E-state index in [9.17, 15) is 4.79 Å². The molecular formula is C13H15ClN2O. The molecule has 0 fully saturated rings. The van der Waals surface area contributed by atoms with Crippen LogP contribution in [0.4, 0.5) is 5.69 Å². The molecule has 0 aliphatic carbocycles. The standard InChI is InChI=1S/C13H15ClN2O/c1-8-3-4-9(2)16(8)13(17)11-6-5-10(14)7-12(11)15/h3-9H,15H2,1-2H3. The number of halogens is 1. The van der Waals surface area contributed by atoms with E-state index in [1.165, 1.54) is 0 Å². The summed E-state index contributed by atoms with van der Waals surface area (Å²) >= 11 is 5.82. The molecule has 2 rings (SSSR count). The maximum Gasteiger partial charge on any atom is 0.256 e. The summed E-state index contributed by atoms with van der Waals surface area (Å²) in [5.41, 5.74) is 6.76. The third-order valence-corrected chi connectivity index (χ3v) is 3.26. The van der Waals surface area contributed by atoms with Crippen molar-refractivity contribution >= 4 is 23.2 Å². The van der Waals surface area contributed by atoms with E-state index in [-0.39, 0.29) is 18.0 Å². The molecule has 0 bridgehead atoms. The van der Waals surface area contributed by atoms with E-state index in [1.807, 2.05) is 26.0 Å². The van der Waals surface area contributed by atoms with Crippen LogP contribution in [0.25, 0.3) is 0 Å². The zero-order valence-electron chi connectivity index (χ0n) is 9.85. The molecule has 2 unspecified atom stereocenters. The highest BCUT2D eigenvalue weighted by Crippen LogP contribution is 2.24. The fraction of sp³-hybridized carbons (Fsp3) is 0.308. The monoisotopic (exact) mass is 250 g/mol. The van der Waals surface area contributed by atoms with Crippen molar-refractivity contribution in [3.63, 3.8) is 0 Å². The van der Waals surface area contributed by atoms with Crippen LogP contribution in [-0.2, 0) is 0 Å². The summed E-state index contributed by atoms with van der Waals surface area (Å²) in [7, 11) is 0. The zero-order chi connectivity index (χ0) is 12.6. The lowest BCUT2D eigenvalue weighted by molar-refractivity contribution is 0.0711. The SMILES string of the molecule is CC1C=CC(C)N1C(=O)c1ccc(Cl)cc1N. The lowest BCUT2D eigenvalue weighted by atomic mass is 10.1. The number of hydrogen-bond donors (Lipinski definition) is 1. The first kappa shape index (κ1) is 12.0. The summed E-state index contributed by atoms with van der Waals surface area (Å²) < 4.78 is 0. The largest absolute Gasteiger partial charge is 0.398 e. The Bertz CT molecular complexity index is 472. The van der Waals surface area contributed by atoms with Gasteiger partial charge in [0, 0.05) is 22.8 Å². The zero-order valence-corrected chi connectivity index (χ0v) is 10.6. The van der Waals surface area contributed by atoms with E-state index < -0.39 is 0 Å². The molecule has 17 heavy (non-hydrogen) atoms. The number of carbonyl (C=O) groups is 1. The Balaban J connectivity index is 2.31. The number of rotatable bonds is 1. The molecule has 2 N–H and O–H groups in total. The number of carbonyl (C=O) groups excluding carboxylic acids is 1. The van der Waals surface area contributed by atoms with Gasteiger partial charge in [-0.1, -0.05) is 23.8 Å². The molecule has 1 aromatic rings. The van der Waals surface area contributed by atoms with Crippen molar-refractivity contribution in [2.45, 2.75) is 25.9 Å². The molecule has 1 heterocycles. The summed E-state index contributed by atoms with van der Waals surface area (Å²) in [6.45, 7) is 3.98. The number of amides is 1. The molecule has 0 aromatic heterocycles. The van der Waals surface area contributed by atoms with E-state index in [0.717, 1.165) is 0 Å². The van der Waals surface area contributed by atoms with Gasteiger partial charge in [0.1, 0.15) is 0 Å². The minimum atomic E-state index is -0.0517. The van der Waals surface area contributed by atoms with Gasteiger partial charge in [0.25, 0.3) is 5.91 Å². The lowest BCUT2D eigenvalue weighted by Crippen LogP contribution is -2.39. The highest BCUT2D eigenvalue weighted by molar-refractivity contribution is 6.31. The van der Waals surface area contributed by atoms with Crippen molar-refractivity contribution < 1.29 is 4.79 Å². The Labute approximate surface area is 106 Å². The van der Waals surface area contributed by atoms with Gasteiger partial charge in [0.15, 0.2) is 0 Å². The smallest absolute Gasteiger partial charge is 0.256 e. The molecular weight excluding hydrogens is 236 g/mol. The molecule has 1 aliphatic heterocycles. The van der Waals surface area contributed by atoms with Crippen LogP contribution in [0.3, 0.4) is 0 Å². The van der Waals surface area contributed by atoms with Crippen molar-refractivity contribution in [2.24, 2.45) is 0 Å². The molecule has 0 radical (unpaired) electrons. The number of nitrogens with two attached hydrogens (primary N) is 1. The summed E-state index contributed by atoms with van der Waals surface area (Å²) in [5.74, 6) is -0.0517. The topological polar surface area (TPSA) is 46.3 Å². The molecule has 0 spiro atoms. The Hall–Kier alpha value is -1.48. The van der Waals surface area contributed by atoms with Crippen LogP contribution >= 0.6 is 11.6 Å². The molecule has 0 saturated heterocycles. The first-order chi connectivity index (χ1) is 8.00. The van der Waals surface area contributed by atoms with Gasteiger partial charge in [-0.3, -0.25) is 4.79 Å². The molecule has 0 saturated carbocycles. The number of nitrogen functional groups attached to an aromatic ring is 1. The maximum atomic E-state index is 12.4. The second-order valence-electron chi connectivity index (χ2n) is 4.31. The summed E-state index contributed by atoms with van der Waals surface area (Å²) in [4.78, 5) is 14.2. The Morgan fingerprint density at radius 1 is 1.29 bits per heavy atom. The van der Waals surface area contributed by atoms with E-state index >= 15 is 0 Å². The van der Waals surface area contributed by atoms with Gasteiger partial charge in [-0.25, -0.2) is 0 Å². The third-order valence-electron chi connectivity index (χ3n) is 3.02. The minimum absolute atomic E-state index is 0.0517. The molecule has 4 heteroatoms. The number of nitrogens with zero attached hydrogens (tertiary/aromatic N) is 1. The number of hydrogen-bond acceptors (Lipinski definition) is 2. The van der Waals surface area contributed by atoms with Crippen LogP contribution in [-0.4, -0.2) is 22.9 Å². The Morgan fingerprint density at radius 3 is 2.41 bits per heavy atom. The highest BCUT2D eigenvalue weighted by Gasteiger charge is 2.28. The quantitative estimate of drug-likeness (QED) is 0.615. The number of anilines is 1. The predicted molar refractivity (Wildman–Crippen MR) is 70.1 cm³/mol. The fourth-order valence-corrected chi connectivity index (χ4v) is 2.30. The molecule has 1 aromatic carbocycles.